The molecule has 0 spiro atoms. The molecule has 6 heteroatoms. The van der Waals surface area contributed by atoms with Gasteiger partial charge in [0.1, 0.15) is 17.3 Å². The molecule has 3 aromatic rings. The van der Waals surface area contributed by atoms with E-state index in [4.69, 9.17) is 11.6 Å². The van der Waals surface area contributed by atoms with E-state index in [9.17, 15) is 0 Å². The Morgan fingerprint density at radius 2 is 2.11 bits per heavy atom. The van der Waals surface area contributed by atoms with Gasteiger partial charge in [-0.05, 0) is 24.6 Å². The summed E-state index contributed by atoms with van der Waals surface area (Å²) in [6.45, 7) is 2.03. The van der Waals surface area contributed by atoms with Crippen LogP contribution in [0.3, 0.4) is 0 Å². The number of aromatic amines is 1. The van der Waals surface area contributed by atoms with Gasteiger partial charge in [0.25, 0.3) is 0 Å². The Bertz CT molecular complexity index is 707. The summed E-state index contributed by atoms with van der Waals surface area (Å²) in [5.41, 5.74) is 3.10. The van der Waals surface area contributed by atoms with Gasteiger partial charge in [-0.2, -0.15) is 5.10 Å². The maximum absolute atomic E-state index is 5.81. The number of halogens is 1. The first-order valence-electron chi connectivity index (χ1n) is 5.41. The molecule has 2 heterocycles. The second-order valence-corrected chi connectivity index (χ2v) is 4.37. The Morgan fingerprint density at radius 3 is 2.94 bits per heavy atom. The van der Waals surface area contributed by atoms with Crippen molar-refractivity contribution in [1.29, 1.82) is 0 Å². The zero-order valence-corrected chi connectivity index (χ0v) is 10.4. The lowest BCUT2D eigenvalue weighted by Crippen LogP contribution is -1.94. The van der Waals surface area contributed by atoms with E-state index in [-0.39, 0.29) is 0 Å². The van der Waals surface area contributed by atoms with E-state index in [1.54, 1.807) is 12.3 Å². The van der Waals surface area contributed by atoms with Crippen LogP contribution in [0.4, 0.5) is 11.5 Å². The summed E-state index contributed by atoms with van der Waals surface area (Å²) in [5, 5.41) is 11.6. The Labute approximate surface area is 108 Å². The van der Waals surface area contributed by atoms with Crippen molar-refractivity contribution in [2.24, 2.45) is 0 Å². The van der Waals surface area contributed by atoms with Crippen molar-refractivity contribution in [2.75, 3.05) is 5.32 Å². The number of benzene rings is 1. The Morgan fingerprint density at radius 1 is 1.22 bits per heavy atom. The number of fused-ring (bicyclic) bond motifs is 1. The average Bonchev–Trinajstić information content (AvgIpc) is 2.77. The Kier molecular flexibility index (Phi) is 2.60. The van der Waals surface area contributed by atoms with Crippen LogP contribution in [0.1, 0.15) is 5.56 Å². The van der Waals surface area contributed by atoms with Crippen LogP contribution < -0.4 is 5.32 Å². The molecule has 1 aromatic carbocycles. The smallest absolute Gasteiger partial charge is 0.135 e. The molecular formula is C12H10ClN5. The monoisotopic (exact) mass is 259 g/mol. The van der Waals surface area contributed by atoms with Gasteiger partial charge in [-0.3, -0.25) is 5.10 Å². The predicted molar refractivity (Wildman–Crippen MR) is 71.2 cm³/mol. The maximum atomic E-state index is 5.81. The van der Waals surface area contributed by atoms with E-state index in [0.717, 1.165) is 22.2 Å². The number of rotatable bonds is 2. The number of H-pyrrole nitrogens is 1. The number of aryl methyl sites for hydroxylation is 1. The minimum Gasteiger partial charge on any atom is -0.340 e. The van der Waals surface area contributed by atoms with E-state index in [1.165, 1.54) is 6.33 Å². The summed E-state index contributed by atoms with van der Waals surface area (Å²) in [4.78, 5) is 7.94. The van der Waals surface area contributed by atoms with Crippen LogP contribution in [0.2, 0.25) is 5.15 Å². The van der Waals surface area contributed by atoms with E-state index >= 15 is 0 Å². The number of nitrogens with zero attached hydrogens (tertiary/aromatic N) is 3. The van der Waals surface area contributed by atoms with Crippen molar-refractivity contribution in [1.82, 2.24) is 20.2 Å². The summed E-state index contributed by atoms with van der Waals surface area (Å²) in [6.07, 6.45) is 3.22. The molecule has 2 N–H and O–H groups in total. The van der Waals surface area contributed by atoms with Crippen LogP contribution in [-0.4, -0.2) is 20.2 Å². The maximum Gasteiger partial charge on any atom is 0.135 e. The lowest BCUT2D eigenvalue weighted by molar-refractivity contribution is 1.11. The summed E-state index contributed by atoms with van der Waals surface area (Å²) in [7, 11) is 0. The molecule has 0 aliphatic heterocycles. The first kappa shape index (κ1) is 11.0. The van der Waals surface area contributed by atoms with Gasteiger partial charge in [-0.25, -0.2) is 9.97 Å². The molecule has 0 unspecified atom stereocenters. The zero-order chi connectivity index (χ0) is 12.5. The highest BCUT2D eigenvalue weighted by Crippen LogP contribution is 2.23. The van der Waals surface area contributed by atoms with E-state index in [0.29, 0.717) is 11.0 Å². The first-order chi connectivity index (χ1) is 8.72. The van der Waals surface area contributed by atoms with Crippen LogP contribution in [0.25, 0.3) is 10.9 Å². The van der Waals surface area contributed by atoms with E-state index in [1.807, 2.05) is 19.1 Å². The molecule has 18 heavy (non-hydrogen) atoms. The quantitative estimate of drug-likeness (QED) is 0.694. The number of aromatic nitrogens is 4. The molecule has 0 saturated carbocycles. The summed E-state index contributed by atoms with van der Waals surface area (Å²) < 4.78 is 0. The van der Waals surface area contributed by atoms with Crippen molar-refractivity contribution in [3.05, 3.63) is 41.4 Å². The molecular weight excluding hydrogens is 250 g/mol. The molecule has 0 aliphatic carbocycles. The van der Waals surface area contributed by atoms with Gasteiger partial charge in [0.05, 0.1) is 11.7 Å². The van der Waals surface area contributed by atoms with Crippen molar-refractivity contribution < 1.29 is 0 Å². The van der Waals surface area contributed by atoms with E-state index < -0.39 is 0 Å². The molecule has 0 radical (unpaired) electrons. The van der Waals surface area contributed by atoms with Crippen LogP contribution in [0.5, 0.6) is 0 Å². The fourth-order valence-corrected chi connectivity index (χ4v) is 2.00. The fraction of sp³-hybridized carbons (Fsp3) is 0.0833. The van der Waals surface area contributed by atoms with Gasteiger partial charge in [0.2, 0.25) is 0 Å². The molecule has 3 rings (SSSR count). The molecule has 0 amide bonds. The summed E-state index contributed by atoms with van der Waals surface area (Å²) in [6, 6.07) is 5.70. The third-order valence-electron chi connectivity index (χ3n) is 2.65. The van der Waals surface area contributed by atoms with Crippen molar-refractivity contribution >= 4 is 34.0 Å². The van der Waals surface area contributed by atoms with Crippen LogP contribution in [0.15, 0.2) is 30.7 Å². The highest BCUT2D eigenvalue weighted by molar-refractivity contribution is 6.29. The SMILES string of the molecule is Cc1cc(Nc2cc(Cl)ncn2)cc2cn[nH]c12. The Balaban J connectivity index is 1.99. The van der Waals surface area contributed by atoms with E-state index in [2.05, 4.69) is 25.5 Å². The van der Waals surface area contributed by atoms with Crippen LogP contribution in [0, 0.1) is 6.92 Å². The number of anilines is 2. The predicted octanol–water partition coefficient (Wildman–Crippen LogP) is 3.06. The molecule has 90 valence electrons. The minimum absolute atomic E-state index is 0.411. The van der Waals surface area contributed by atoms with Gasteiger partial charge < -0.3 is 5.32 Å². The number of nitrogens with one attached hydrogen (secondary N) is 2. The average molecular weight is 260 g/mol. The normalized spacial score (nSPS) is 10.8. The zero-order valence-electron chi connectivity index (χ0n) is 9.61. The van der Waals surface area contributed by atoms with Crippen molar-refractivity contribution in [2.45, 2.75) is 6.92 Å². The van der Waals surface area contributed by atoms with Gasteiger partial charge in [-0.15, -0.1) is 0 Å². The molecule has 5 nitrogen and oxygen atoms in total. The second-order valence-electron chi connectivity index (χ2n) is 3.98. The van der Waals surface area contributed by atoms with Gasteiger partial charge >= 0.3 is 0 Å². The molecule has 0 atom stereocenters. The molecule has 0 fully saturated rings. The van der Waals surface area contributed by atoms with Gasteiger partial charge in [0.15, 0.2) is 0 Å². The van der Waals surface area contributed by atoms with Crippen molar-refractivity contribution in [3.8, 4) is 0 Å². The molecule has 2 aromatic heterocycles. The molecule has 0 bridgehead atoms. The highest BCUT2D eigenvalue weighted by atomic mass is 35.5. The first-order valence-corrected chi connectivity index (χ1v) is 5.78. The van der Waals surface area contributed by atoms with Crippen LogP contribution >= 0.6 is 11.6 Å². The minimum atomic E-state index is 0.411. The lowest BCUT2D eigenvalue weighted by Gasteiger charge is -2.07. The van der Waals surface area contributed by atoms with Crippen molar-refractivity contribution in [3.63, 3.8) is 0 Å². The topological polar surface area (TPSA) is 66.5 Å². The highest BCUT2D eigenvalue weighted by Gasteiger charge is 2.04. The Hall–Kier alpha value is -2.14. The molecule has 0 aliphatic rings. The van der Waals surface area contributed by atoms with Gasteiger partial charge in [-0.1, -0.05) is 11.6 Å². The third-order valence-corrected chi connectivity index (χ3v) is 2.86. The van der Waals surface area contributed by atoms with Crippen LogP contribution in [-0.2, 0) is 0 Å². The fourth-order valence-electron chi connectivity index (χ4n) is 1.86. The summed E-state index contributed by atoms with van der Waals surface area (Å²) >= 11 is 5.81. The summed E-state index contributed by atoms with van der Waals surface area (Å²) in [5.74, 6) is 0.664. The van der Waals surface area contributed by atoms with Gasteiger partial charge in [0, 0.05) is 17.1 Å². The largest absolute Gasteiger partial charge is 0.340 e. The lowest BCUT2D eigenvalue weighted by atomic mass is 10.1. The second kappa shape index (κ2) is 4.27. The number of hydrogen-bond donors (Lipinski definition) is 2. The number of hydrogen-bond acceptors (Lipinski definition) is 4. The standard InChI is InChI=1S/C12H10ClN5/c1-7-2-9(3-8-5-16-18-12(7)8)17-11-4-10(13)14-6-15-11/h2-6H,1H3,(H,16,18)(H,14,15,17). The molecule has 0 saturated heterocycles. The third kappa shape index (κ3) is 2.00.